The minimum Gasteiger partial charge on any atom is -0.492 e. The minimum atomic E-state index is -1.06. The van der Waals surface area contributed by atoms with Gasteiger partial charge < -0.3 is 45.4 Å². The number of nitrogens with one attached hydrogen (secondary N) is 3. The Labute approximate surface area is 365 Å². The monoisotopic (exact) mass is 873 g/mol. The Balaban J connectivity index is 0.000000173. The number of fused-ring (bicyclic) bond motifs is 2. The lowest BCUT2D eigenvalue weighted by Crippen LogP contribution is -2.39. The molecule has 0 bridgehead atoms. The van der Waals surface area contributed by atoms with E-state index >= 15 is 0 Å². The molecule has 4 atom stereocenters. The van der Waals surface area contributed by atoms with Crippen LogP contribution in [0.3, 0.4) is 0 Å². The first-order valence-corrected chi connectivity index (χ1v) is 22.1. The number of carbonyl (C=O) groups excluding carboxylic acids is 1. The number of aliphatic hydroxyl groups is 1. The van der Waals surface area contributed by atoms with Crippen molar-refractivity contribution < 1.29 is 29.3 Å². The third-order valence-electron chi connectivity index (χ3n) is 12.1. The molecule has 4 heterocycles. The van der Waals surface area contributed by atoms with Gasteiger partial charge in [0.15, 0.2) is 0 Å². The second-order valence-corrected chi connectivity index (χ2v) is 17.4. The van der Waals surface area contributed by atoms with Gasteiger partial charge in [-0.25, -0.2) is 14.8 Å². The molecule has 2 aliphatic heterocycles. The minimum absolute atomic E-state index is 0.0547. The fraction of sp³-hybridized carbons (Fsp3) is 0.500. The van der Waals surface area contributed by atoms with Crippen molar-refractivity contribution in [3.8, 4) is 11.5 Å². The van der Waals surface area contributed by atoms with Gasteiger partial charge in [0.2, 0.25) is 11.9 Å². The van der Waals surface area contributed by atoms with E-state index in [1.807, 2.05) is 44.2 Å². The zero-order valence-electron chi connectivity index (χ0n) is 34.4. The molecule has 0 spiro atoms. The number of aromatic nitrogens is 4. The lowest BCUT2D eigenvalue weighted by Gasteiger charge is -2.26. The molecule has 5 aliphatic rings. The topological polar surface area (TPSA) is 187 Å². The number of ether oxygens (including phenoxy) is 2. The Morgan fingerprint density at radius 2 is 1.18 bits per heavy atom. The lowest BCUT2D eigenvalue weighted by molar-refractivity contribution is 0.0696. The van der Waals surface area contributed by atoms with E-state index < -0.39 is 5.97 Å². The van der Waals surface area contributed by atoms with Crippen LogP contribution in [0.1, 0.15) is 84.2 Å². The largest absolute Gasteiger partial charge is 0.492 e. The summed E-state index contributed by atoms with van der Waals surface area (Å²) in [4.78, 5) is 47.0. The summed E-state index contributed by atoms with van der Waals surface area (Å²) < 4.78 is 11.0. The molecule has 3 aliphatic carbocycles. The van der Waals surface area contributed by atoms with Gasteiger partial charge in [0.1, 0.15) is 34.3 Å². The fourth-order valence-corrected chi connectivity index (χ4v) is 8.99. The molecule has 2 aromatic heterocycles. The number of nitrogens with zero attached hydrogens (tertiary/aromatic N) is 6. The van der Waals surface area contributed by atoms with Crippen LogP contribution in [0.25, 0.3) is 0 Å². The van der Waals surface area contributed by atoms with Crippen molar-refractivity contribution in [3.63, 3.8) is 0 Å². The third-order valence-corrected chi connectivity index (χ3v) is 12.7. The number of amides is 1. The average molecular weight is 875 g/mol. The standard InChI is InChI=1S/C25H32ClN5O3.C19H21ClN4O3/c1-2-34-22-8-3-15(9-21(22)26)11-27-23-20(24(33)29-18-4-6-19(32)7-5-18)12-28-25(30-23)31-13-16-10-17(16)14-31;1-2-27-16-4-3-11(5-15(16)20)7-21-17-14(18(25)26)8-22-19(23-17)24-9-12-6-13(12)10-24/h3,8-9,12,16-19,32H,2,4-7,10-11,13-14H2,1H3,(H,29,33)(H,27,28,30);3-5,8,12-13H,2,6-7,9-10H2,1H3,(H,25,26)(H,21,22,23). The molecule has 0 radical (unpaired) electrons. The number of rotatable bonds is 15. The van der Waals surface area contributed by atoms with E-state index in [1.165, 1.54) is 19.0 Å². The zero-order valence-corrected chi connectivity index (χ0v) is 36.0. The Kier molecular flexibility index (Phi) is 13.2. The summed E-state index contributed by atoms with van der Waals surface area (Å²) in [5, 5.41) is 29.8. The van der Waals surface area contributed by atoms with E-state index in [9.17, 15) is 19.8 Å². The molecule has 5 N–H and O–H groups in total. The molecule has 4 aromatic rings. The number of aliphatic hydroxyl groups excluding tert-OH is 1. The van der Waals surface area contributed by atoms with Gasteiger partial charge in [-0.15, -0.1) is 0 Å². The summed E-state index contributed by atoms with van der Waals surface area (Å²) in [5.41, 5.74) is 2.35. The number of carboxylic acid groups (broad SMARTS) is 1. The predicted octanol–water partition coefficient (Wildman–Crippen LogP) is 6.93. The number of piperidine rings is 2. The number of aromatic carboxylic acids is 1. The summed E-state index contributed by atoms with van der Waals surface area (Å²) >= 11 is 12.6. The van der Waals surface area contributed by atoms with E-state index in [0.717, 1.165) is 73.8 Å². The summed E-state index contributed by atoms with van der Waals surface area (Å²) in [6, 6.07) is 11.2. The molecule has 3 saturated carbocycles. The molecule has 15 nitrogen and oxygen atoms in total. The van der Waals surface area contributed by atoms with Crippen LogP contribution in [-0.4, -0.2) is 93.6 Å². The van der Waals surface area contributed by atoms with Gasteiger partial charge in [-0.2, -0.15) is 9.97 Å². The number of hydrogen-bond donors (Lipinski definition) is 5. The smallest absolute Gasteiger partial charge is 0.341 e. The molecule has 17 heteroatoms. The molecule has 2 aromatic carbocycles. The lowest BCUT2D eigenvalue weighted by atomic mass is 9.93. The van der Waals surface area contributed by atoms with Gasteiger partial charge in [-0.1, -0.05) is 35.3 Å². The van der Waals surface area contributed by atoms with E-state index in [0.29, 0.717) is 89.8 Å². The fourth-order valence-electron chi connectivity index (χ4n) is 8.47. The number of carboxylic acids is 1. The second kappa shape index (κ2) is 18.9. The molecule has 2 saturated heterocycles. The normalized spacial score (nSPS) is 23.2. The third kappa shape index (κ3) is 10.5. The number of benzene rings is 2. The van der Waals surface area contributed by atoms with Crippen LogP contribution in [0.15, 0.2) is 48.8 Å². The predicted molar refractivity (Wildman–Crippen MR) is 234 cm³/mol. The van der Waals surface area contributed by atoms with Gasteiger partial charge in [0.05, 0.1) is 29.4 Å². The Morgan fingerprint density at radius 3 is 1.62 bits per heavy atom. The molecule has 9 rings (SSSR count). The van der Waals surface area contributed by atoms with Gasteiger partial charge >= 0.3 is 5.97 Å². The van der Waals surface area contributed by atoms with Crippen molar-refractivity contribution in [2.75, 3.05) is 59.8 Å². The first kappa shape index (κ1) is 42.6. The molecule has 324 valence electrons. The number of hydrogen-bond acceptors (Lipinski definition) is 13. The maximum atomic E-state index is 13.1. The molecular weight excluding hydrogens is 821 g/mol. The van der Waals surface area contributed by atoms with Crippen LogP contribution in [-0.2, 0) is 13.1 Å². The van der Waals surface area contributed by atoms with Crippen LogP contribution >= 0.6 is 23.2 Å². The number of halogens is 2. The number of carbonyl (C=O) groups is 2. The maximum Gasteiger partial charge on any atom is 0.341 e. The Bertz CT molecular complexity index is 2210. The second-order valence-electron chi connectivity index (χ2n) is 16.6. The van der Waals surface area contributed by atoms with Gasteiger partial charge in [0, 0.05) is 57.7 Å². The molecule has 61 heavy (non-hydrogen) atoms. The van der Waals surface area contributed by atoms with Crippen molar-refractivity contribution in [1.29, 1.82) is 0 Å². The summed E-state index contributed by atoms with van der Waals surface area (Å²) in [7, 11) is 0. The van der Waals surface area contributed by atoms with Gasteiger partial charge in [-0.3, -0.25) is 4.79 Å². The summed E-state index contributed by atoms with van der Waals surface area (Å²) in [6.07, 6.45) is 8.30. The van der Waals surface area contributed by atoms with Crippen LogP contribution in [0.5, 0.6) is 11.5 Å². The summed E-state index contributed by atoms with van der Waals surface area (Å²) in [5.74, 6) is 5.13. The average Bonchev–Trinajstić information content (AvgIpc) is 4.10. The van der Waals surface area contributed by atoms with Crippen molar-refractivity contribution >= 4 is 58.6 Å². The molecule has 1 amide bonds. The highest BCUT2D eigenvalue weighted by Crippen LogP contribution is 2.46. The van der Waals surface area contributed by atoms with Gasteiger partial charge in [0.25, 0.3) is 5.91 Å². The van der Waals surface area contributed by atoms with E-state index in [-0.39, 0.29) is 23.6 Å². The molecular formula is C44H53Cl2N9O6. The van der Waals surface area contributed by atoms with E-state index in [4.69, 9.17) is 37.7 Å². The van der Waals surface area contributed by atoms with Gasteiger partial charge in [-0.05, 0) is 111 Å². The quantitative estimate of drug-likeness (QED) is 0.0828. The first-order chi connectivity index (χ1) is 29.5. The van der Waals surface area contributed by atoms with Crippen molar-refractivity contribution in [1.82, 2.24) is 25.3 Å². The Morgan fingerprint density at radius 1 is 0.721 bits per heavy atom. The highest BCUT2D eigenvalue weighted by molar-refractivity contribution is 6.32. The van der Waals surface area contributed by atoms with Crippen molar-refractivity contribution in [3.05, 3.63) is 81.1 Å². The SMILES string of the molecule is CCOc1ccc(CNc2nc(N3CC4CC4C3)ncc2C(=O)NC2CCC(O)CC2)cc1Cl.CCOc1ccc(CNc2nc(N3CC4CC4C3)ncc2C(=O)O)cc1Cl. The van der Waals surface area contributed by atoms with Crippen molar-refractivity contribution in [2.45, 2.75) is 77.6 Å². The van der Waals surface area contributed by atoms with Crippen LogP contribution < -0.4 is 35.2 Å². The van der Waals surface area contributed by atoms with E-state index in [2.05, 4.69) is 40.7 Å². The molecule has 5 fully saturated rings. The first-order valence-electron chi connectivity index (χ1n) is 21.3. The van der Waals surface area contributed by atoms with Crippen LogP contribution in [0.2, 0.25) is 10.0 Å². The Hall–Kier alpha value is -5.12. The van der Waals surface area contributed by atoms with Crippen LogP contribution in [0, 0.1) is 23.7 Å². The maximum absolute atomic E-state index is 13.1. The van der Waals surface area contributed by atoms with Crippen molar-refractivity contribution in [2.24, 2.45) is 23.7 Å². The summed E-state index contributed by atoms with van der Waals surface area (Å²) in [6.45, 7) is 9.63. The number of anilines is 4. The van der Waals surface area contributed by atoms with Crippen LogP contribution in [0.4, 0.5) is 23.5 Å². The highest BCUT2D eigenvalue weighted by Gasteiger charge is 2.47. The zero-order chi connectivity index (χ0) is 42.6. The van der Waals surface area contributed by atoms with E-state index in [1.54, 1.807) is 12.3 Å². The molecule has 4 unspecified atom stereocenters. The highest BCUT2D eigenvalue weighted by atomic mass is 35.5.